The lowest BCUT2D eigenvalue weighted by Crippen LogP contribution is -3.00. The molecule has 0 unspecified atom stereocenters. The minimum absolute atomic E-state index is 0.0161. The Morgan fingerprint density at radius 3 is 2.18 bits per heavy atom. The number of carbonyl (C=O) groups is 1. The maximum absolute atomic E-state index is 12.9. The van der Waals surface area contributed by atoms with Gasteiger partial charge in [0.1, 0.15) is 5.82 Å². The normalized spacial score (nSPS) is 35.6. The first kappa shape index (κ1) is 14.2. The van der Waals surface area contributed by atoms with Crippen molar-refractivity contribution in [3.8, 4) is 0 Å². The predicted octanol–water partition coefficient (Wildman–Crippen LogP) is 2.30. The van der Waals surface area contributed by atoms with Crippen molar-refractivity contribution in [2.75, 3.05) is 11.9 Å². The number of benzene rings is 1. The number of amides is 1. The molecule has 0 aromatic heterocycles. The Hall–Kier alpha value is -1.42. The van der Waals surface area contributed by atoms with E-state index in [9.17, 15) is 9.18 Å². The van der Waals surface area contributed by atoms with Gasteiger partial charge in [0.05, 0.1) is 5.54 Å². The molecule has 4 aliphatic carbocycles. The van der Waals surface area contributed by atoms with E-state index < -0.39 is 0 Å². The molecule has 0 radical (unpaired) electrons. The summed E-state index contributed by atoms with van der Waals surface area (Å²) in [6.07, 6.45) is 8.16. The Morgan fingerprint density at radius 1 is 1.09 bits per heavy atom. The molecular formula is C18H24FN2O+. The van der Waals surface area contributed by atoms with E-state index in [4.69, 9.17) is 0 Å². The molecule has 4 aliphatic rings. The summed E-state index contributed by atoms with van der Waals surface area (Å²) in [5.41, 5.74) is 1.000. The molecule has 118 valence electrons. The van der Waals surface area contributed by atoms with Crippen molar-refractivity contribution >= 4 is 11.6 Å². The summed E-state index contributed by atoms with van der Waals surface area (Å²) in [4.78, 5) is 12.2. The molecule has 1 amide bonds. The number of hydrogen-bond donors (Lipinski definition) is 2. The Labute approximate surface area is 130 Å². The average molecular weight is 303 g/mol. The van der Waals surface area contributed by atoms with E-state index in [1.165, 1.54) is 50.7 Å². The number of anilines is 1. The molecule has 4 saturated carbocycles. The van der Waals surface area contributed by atoms with Gasteiger partial charge in [-0.1, -0.05) is 0 Å². The van der Waals surface area contributed by atoms with Gasteiger partial charge in [0.15, 0.2) is 6.54 Å². The third kappa shape index (κ3) is 2.76. The van der Waals surface area contributed by atoms with Gasteiger partial charge in [0.2, 0.25) is 0 Å². The molecule has 1 aromatic rings. The van der Waals surface area contributed by atoms with Crippen LogP contribution in [0.15, 0.2) is 24.3 Å². The molecule has 5 rings (SSSR count). The number of halogens is 1. The molecule has 0 saturated heterocycles. The smallest absolute Gasteiger partial charge is 0.279 e. The second-order valence-electron chi connectivity index (χ2n) is 7.74. The zero-order valence-corrected chi connectivity index (χ0v) is 12.9. The van der Waals surface area contributed by atoms with Crippen LogP contribution in [0.5, 0.6) is 0 Å². The van der Waals surface area contributed by atoms with Gasteiger partial charge in [-0.15, -0.1) is 0 Å². The Kier molecular flexibility index (Phi) is 3.44. The first-order chi connectivity index (χ1) is 10.6. The maximum Gasteiger partial charge on any atom is 0.279 e. The van der Waals surface area contributed by atoms with E-state index in [1.807, 2.05) is 0 Å². The largest absolute Gasteiger partial charge is 0.334 e. The topological polar surface area (TPSA) is 45.7 Å². The van der Waals surface area contributed by atoms with Crippen molar-refractivity contribution in [3.05, 3.63) is 30.1 Å². The number of nitrogens with one attached hydrogen (secondary N) is 1. The summed E-state index contributed by atoms with van der Waals surface area (Å²) in [6, 6.07) is 5.97. The Morgan fingerprint density at radius 2 is 1.64 bits per heavy atom. The Bertz CT molecular complexity index is 534. The lowest BCUT2D eigenvalue weighted by Gasteiger charge is -2.54. The van der Waals surface area contributed by atoms with E-state index in [-0.39, 0.29) is 11.7 Å². The monoisotopic (exact) mass is 303 g/mol. The van der Waals surface area contributed by atoms with E-state index in [0.29, 0.717) is 17.8 Å². The number of carbonyl (C=O) groups excluding carboxylic acids is 1. The van der Waals surface area contributed by atoms with Crippen molar-refractivity contribution in [1.82, 2.24) is 0 Å². The highest BCUT2D eigenvalue weighted by molar-refractivity contribution is 5.91. The van der Waals surface area contributed by atoms with Crippen LogP contribution in [0.3, 0.4) is 0 Å². The van der Waals surface area contributed by atoms with Crippen molar-refractivity contribution in [2.45, 2.75) is 44.1 Å². The van der Waals surface area contributed by atoms with Crippen LogP contribution in [0.2, 0.25) is 0 Å². The highest BCUT2D eigenvalue weighted by Crippen LogP contribution is 2.54. The molecule has 0 heterocycles. The second-order valence-corrected chi connectivity index (χ2v) is 7.74. The maximum atomic E-state index is 12.9. The summed E-state index contributed by atoms with van der Waals surface area (Å²) in [5.74, 6) is 2.45. The minimum Gasteiger partial charge on any atom is -0.334 e. The molecule has 0 spiro atoms. The zero-order chi connectivity index (χ0) is 15.2. The molecule has 1 aromatic carbocycles. The van der Waals surface area contributed by atoms with Gasteiger partial charge in [-0.3, -0.25) is 4.79 Å². The first-order valence-electron chi connectivity index (χ1n) is 8.50. The third-order valence-corrected chi connectivity index (χ3v) is 5.93. The van der Waals surface area contributed by atoms with Crippen LogP contribution in [0.25, 0.3) is 0 Å². The van der Waals surface area contributed by atoms with Crippen molar-refractivity contribution in [1.29, 1.82) is 0 Å². The van der Waals surface area contributed by atoms with Crippen LogP contribution in [-0.4, -0.2) is 18.0 Å². The quantitative estimate of drug-likeness (QED) is 0.881. The number of rotatable bonds is 4. The lowest BCUT2D eigenvalue weighted by molar-refractivity contribution is -0.729. The highest BCUT2D eigenvalue weighted by atomic mass is 19.1. The van der Waals surface area contributed by atoms with Crippen LogP contribution in [0.4, 0.5) is 10.1 Å². The Balaban J connectivity index is 1.34. The van der Waals surface area contributed by atoms with Crippen LogP contribution in [-0.2, 0) is 4.79 Å². The molecule has 3 nitrogen and oxygen atoms in total. The van der Waals surface area contributed by atoms with Crippen molar-refractivity contribution in [2.24, 2.45) is 17.8 Å². The lowest BCUT2D eigenvalue weighted by atomic mass is 9.53. The van der Waals surface area contributed by atoms with Gasteiger partial charge in [0, 0.05) is 24.9 Å². The number of nitrogens with two attached hydrogens (primary N) is 1. The van der Waals surface area contributed by atoms with E-state index >= 15 is 0 Å². The second kappa shape index (κ2) is 5.34. The molecule has 0 aliphatic heterocycles. The highest BCUT2D eigenvalue weighted by Gasteiger charge is 2.53. The van der Waals surface area contributed by atoms with Crippen molar-refractivity contribution < 1.29 is 14.5 Å². The molecular weight excluding hydrogens is 279 g/mol. The minimum atomic E-state index is -0.280. The summed E-state index contributed by atoms with van der Waals surface area (Å²) < 4.78 is 12.9. The standard InChI is InChI=1S/C18H23FN2O/c19-15-1-3-16(4-2-15)21-17(22)11-20-18-8-12-5-13(9-18)7-14(6-12)10-18/h1-4,12-14,20H,5-11H2,(H,21,22)/p+1. The van der Waals surface area contributed by atoms with Gasteiger partial charge in [-0.2, -0.15) is 0 Å². The van der Waals surface area contributed by atoms with E-state index in [1.54, 1.807) is 12.1 Å². The van der Waals surface area contributed by atoms with E-state index in [2.05, 4.69) is 10.6 Å². The van der Waals surface area contributed by atoms with Gasteiger partial charge in [0.25, 0.3) is 5.91 Å². The average Bonchev–Trinajstić information content (AvgIpc) is 2.46. The fourth-order valence-corrected chi connectivity index (χ4v) is 5.48. The first-order valence-corrected chi connectivity index (χ1v) is 8.50. The van der Waals surface area contributed by atoms with Crippen LogP contribution < -0.4 is 10.6 Å². The van der Waals surface area contributed by atoms with Crippen LogP contribution in [0, 0.1) is 23.6 Å². The van der Waals surface area contributed by atoms with Crippen molar-refractivity contribution in [3.63, 3.8) is 0 Å². The summed E-state index contributed by atoms with van der Waals surface area (Å²) in [5, 5.41) is 5.17. The van der Waals surface area contributed by atoms with Gasteiger partial charge in [-0.05, 0) is 61.3 Å². The van der Waals surface area contributed by atoms with Gasteiger partial charge >= 0.3 is 0 Å². The fraction of sp³-hybridized carbons (Fsp3) is 0.611. The van der Waals surface area contributed by atoms with Crippen LogP contribution >= 0.6 is 0 Å². The zero-order valence-electron chi connectivity index (χ0n) is 12.9. The molecule has 4 bridgehead atoms. The predicted molar refractivity (Wildman–Crippen MR) is 82.7 cm³/mol. The third-order valence-electron chi connectivity index (χ3n) is 5.93. The number of hydrogen-bond acceptors (Lipinski definition) is 1. The number of quaternary nitrogens is 1. The summed E-state index contributed by atoms with van der Waals surface area (Å²) in [7, 11) is 0. The SMILES string of the molecule is O=C(C[NH2+]C12CC3CC(CC(C3)C1)C2)Nc1ccc(F)cc1. The van der Waals surface area contributed by atoms with Gasteiger partial charge < -0.3 is 10.6 Å². The summed E-state index contributed by atoms with van der Waals surface area (Å²) in [6.45, 7) is 0.476. The molecule has 22 heavy (non-hydrogen) atoms. The molecule has 4 fully saturated rings. The van der Waals surface area contributed by atoms with Crippen LogP contribution in [0.1, 0.15) is 38.5 Å². The van der Waals surface area contributed by atoms with Gasteiger partial charge in [-0.25, -0.2) is 4.39 Å². The molecule has 3 N–H and O–H groups in total. The molecule has 4 heteroatoms. The van der Waals surface area contributed by atoms with E-state index in [0.717, 1.165) is 17.8 Å². The fourth-order valence-electron chi connectivity index (χ4n) is 5.48. The molecule has 0 atom stereocenters. The summed E-state index contributed by atoms with van der Waals surface area (Å²) >= 11 is 0.